The van der Waals surface area contributed by atoms with E-state index in [-0.39, 0.29) is 6.61 Å². The number of benzene rings is 1. The number of nitrogens with zero attached hydrogens (tertiary/aromatic N) is 1. The number of aliphatic hydroxyl groups is 2. The first-order valence-electron chi connectivity index (χ1n) is 4.46. The first-order valence-corrected chi connectivity index (χ1v) is 4.46. The fourth-order valence-electron chi connectivity index (χ4n) is 1.36. The van der Waals surface area contributed by atoms with Gasteiger partial charge in [-0.15, -0.1) is 0 Å². The highest BCUT2D eigenvalue weighted by atomic mass is 16.3. The Bertz CT molecular complexity index is 442. The Morgan fingerprint density at radius 2 is 1.93 bits per heavy atom. The Balaban J connectivity index is 2.51. The highest BCUT2D eigenvalue weighted by Crippen LogP contribution is 2.15. The highest BCUT2D eigenvalue weighted by Gasteiger charge is 2.07. The largest absolute Gasteiger partial charge is 0.393 e. The van der Waals surface area contributed by atoms with Crippen molar-refractivity contribution in [3.63, 3.8) is 0 Å². The molecule has 14 heavy (non-hydrogen) atoms. The standard InChI is InChI=1S/C11H11NO2/c13-7-11(14)10-6-5-8-3-1-2-4-9(8)12-10/h1-6,11,13-14H,7H2. The van der Waals surface area contributed by atoms with Gasteiger partial charge in [-0.2, -0.15) is 0 Å². The minimum absolute atomic E-state index is 0.300. The molecule has 1 atom stereocenters. The Labute approximate surface area is 81.7 Å². The maximum Gasteiger partial charge on any atom is 0.119 e. The molecule has 2 N–H and O–H groups in total. The van der Waals surface area contributed by atoms with Gasteiger partial charge in [0.05, 0.1) is 17.8 Å². The monoisotopic (exact) mass is 189 g/mol. The van der Waals surface area contributed by atoms with Gasteiger partial charge in [-0.25, -0.2) is 4.98 Å². The molecule has 0 radical (unpaired) electrons. The van der Waals surface area contributed by atoms with E-state index in [1.165, 1.54) is 0 Å². The van der Waals surface area contributed by atoms with E-state index in [4.69, 9.17) is 5.11 Å². The van der Waals surface area contributed by atoms with Gasteiger partial charge in [-0.1, -0.05) is 24.3 Å². The molecule has 1 aromatic heterocycles. The zero-order chi connectivity index (χ0) is 9.97. The summed E-state index contributed by atoms with van der Waals surface area (Å²) in [6.07, 6.45) is -0.889. The van der Waals surface area contributed by atoms with Crippen molar-refractivity contribution in [1.29, 1.82) is 0 Å². The second-order valence-electron chi connectivity index (χ2n) is 3.13. The maximum absolute atomic E-state index is 9.38. The van der Waals surface area contributed by atoms with Crippen LogP contribution >= 0.6 is 0 Å². The van der Waals surface area contributed by atoms with Crippen LogP contribution in [-0.2, 0) is 0 Å². The SMILES string of the molecule is OCC(O)c1ccc2ccccc2n1. The summed E-state index contributed by atoms with van der Waals surface area (Å²) in [5.41, 5.74) is 1.34. The number of hydrogen-bond acceptors (Lipinski definition) is 3. The first kappa shape index (κ1) is 9.12. The fraction of sp³-hybridized carbons (Fsp3) is 0.182. The third-order valence-electron chi connectivity index (χ3n) is 2.13. The topological polar surface area (TPSA) is 53.4 Å². The normalized spacial score (nSPS) is 13.0. The number of para-hydroxylation sites is 1. The van der Waals surface area contributed by atoms with Crippen LogP contribution in [0, 0.1) is 0 Å². The van der Waals surface area contributed by atoms with Crippen molar-refractivity contribution in [1.82, 2.24) is 4.98 Å². The van der Waals surface area contributed by atoms with Crippen LogP contribution in [0.25, 0.3) is 10.9 Å². The van der Waals surface area contributed by atoms with E-state index in [1.54, 1.807) is 6.07 Å². The zero-order valence-corrected chi connectivity index (χ0v) is 7.59. The molecule has 0 aliphatic carbocycles. The van der Waals surface area contributed by atoms with E-state index in [9.17, 15) is 5.11 Å². The van der Waals surface area contributed by atoms with Crippen LogP contribution in [0.2, 0.25) is 0 Å². The van der Waals surface area contributed by atoms with E-state index in [1.807, 2.05) is 30.3 Å². The average Bonchev–Trinajstić information content (AvgIpc) is 2.27. The Hall–Kier alpha value is -1.45. The summed E-state index contributed by atoms with van der Waals surface area (Å²) < 4.78 is 0. The molecule has 0 saturated heterocycles. The van der Waals surface area contributed by atoms with Crippen LogP contribution in [0.5, 0.6) is 0 Å². The molecule has 1 unspecified atom stereocenters. The molecule has 0 fully saturated rings. The summed E-state index contributed by atoms with van der Waals surface area (Å²) in [6.45, 7) is -0.300. The van der Waals surface area contributed by atoms with Gasteiger partial charge in [-0.05, 0) is 12.1 Å². The molecular weight excluding hydrogens is 178 g/mol. The van der Waals surface area contributed by atoms with Crippen molar-refractivity contribution >= 4 is 10.9 Å². The van der Waals surface area contributed by atoms with Crippen LogP contribution in [0.3, 0.4) is 0 Å². The summed E-state index contributed by atoms with van der Waals surface area (Å²) in [5.74, 6) is 0. The van der Waals surface area contributed by atoms with Crippen molar-refractivity contribution < 1.29 is 10.2 Å². The van der Waals surface area contributed by atoms with Gasteiger partial charge in [0.2, 0.25) is 0 Å². The number of hydrogen-bond donors (Lipinski definition) is 2. The van der Waals surface area contributed by atoms with E-state index >= 15 is 0 Å². The highest BCUT2D eigenvalue weighted by molar-refractivity contribution is 5.78. The van der Waals surface area contributed by atoms with Crippen molar-refractivity contribution in [3.05, 3.63) is 42.1 Å². The van der Waals surface area contributed by atoms with Crippen molar-refractivity contribution in [2.75, 3.05) is 6.61 Å². The molecule has 2 rings (SSSR count). The smallest absolute Gasteiger partial charge is 0.119 e. The number of fused-ring (bicyclic) bond motifs is 1. The van der Waals surface area contributed by atoms with Crippen molar-refractivity contribution in [3.8, 4) is 0 Å². The summed E-state index contributed by atoms with van der Waals surface area (Å²) >= 11 is 0. The van der Waals surface area contributed by atoms with Crippen LogP contribution in [0.4, 0.5) is 0 Å². The van der Waals surface area contributed by atoms with Crippen LogP contribution in [0.15, 0.2) is 36.4 Å². The third kappa shape index (κ3) is 1.60. The summed E-state index contributed by atoms with van der Waals surface area (Å²) in [5, 5.41) is 19.2. The molecular formula is C11H11NO2. The van der Waals surface area contributed by atoms with E-state index in [2.05, 4.69) is 4.98 Å². The lowest BCUT2D eigenvalue weighted by Crippen LogP contribution is -2.04. The second-order valence-corrected chi connectivity index (χ2v) is 3.13. The molecule has 1 aromatic carbocycles. The van der Waals surface area contributed by atoms with Gasteiger partial charge < -0.3 is 10.2 Å². The molecule has 0 bridgehead atoms. The second kappa shape index (κ2) is 3.74. The molecule has 1 heterocycles. The van der Waals surface area contributed by atoms with E-state index < -0.39 is 6.10 Å². The third-order valence-corrected chi connectivity index (χ3v) is 2.13. The number of rotatable bonds is 2. The fourth-order valence-corrected chi connectivity index (χ4v) is 1.36. The van der Waals surface area contributed by atoms with Crippen LogP contribution in [-0.4, -0.2) is 21.8 Å². The molecule has 0 saturated carbocycles. The van der Waals surface area contributed by atoms with Crippen LogP contribution in [0.1, 0.15) is 11.8 Å². The van der Waals surface area contributed by atoms with E-state index in [0.29, 0.717) is 5.69 Å². The molecule has 0 spiro atoms. The predicted octanol–water partition coefficient (Wildman–Crippen LogP) is 1.26. The Morgan fingerprint density at radius 1 is 1.14 bits per heavy atom. The Kier molecular flexibility index (Phi) is 2.43. The first-order chi connectivity index (χ1) is 6.81. The minimum Gasteiger partial charge on any atom is -0.393 e. The molecule has 0 aliphatic rings. The summed E-state index contributed by atoms with van der Waals surface area (Å²) in [6, 6.07) is 11.3. The van der Waals surface area contributed by atoms with Crippen molar-refractivity contribution in [2.45, 2.75) is 6.10 Å². The Morgan fingerprint density at radius 3 is 2.71 bits per heavy atom. The molecule has 0 aliphatic heterocycles. The predicted molar refractivity (Wildman–Crippen MR) is 53.8 cm³/mol. The van der Waals surface area contributed by atoms with Gasteiger partial charge in [0, 0.05) is 5.39 Å². The molecule has 72 valence electrons. The number of pyridine rings is 1. The zero-order valence-electron chi connectivity index (χ0n) is 7.59. The lowest BCUT2D eigenvalue weighted by atomic mass is 10.1. The van der Waals surface area contributed by atoms with E-state index in [0.717, 1.165) is 10.9 Å². The maximum atomic E-state index is 9.38. The molecule has 2 aromatic rings. The molecule has 3 nitrogen and oxygen atoms in total. The average molecular weight is 189 g/mol. The van der Waals surface area contributed by atoms with Gasteiger partial charge in [0.1, 0.15) is 6.10 Å². The van der Waals surface area contributed by atoms with Crippen molar-refractivity contribution in [2.24, 2.45) is 0 Å². The number of aromatic nitrogens is 1. The van der Waals surface area contributed by atoms with Gasteiger partial charge in [0.25, 0.3) is 0 Å². The van der Waals surface area contributed by atoms with Gasteiger partial charge >= 0.3 is 0 Å². The summed E-state index contributed by atoms with van der Waals surface area (Å²) in [4.78, 5) is 4.24. The van der Waals surface area contributed by atoms with Crippen LogP contribution < -0.4 is 0 Å². The van der Waals surface area contributed by atoms with Gasteiger partial charge in [0.15, 0.2) is 0 Å². The van der Waals surface area contributed by atoms with Gasteiger partial charge in [-0.3, -0.25) is 0 Å². The molecule has 3 heteroatoms. The minimum atomic E-state index is -0.889. The molecule has 0 amide bonds. The quantitative estimate of drug-likeness (QED) is 0.747. The lowest BCUT2D eigenvalue weighted by molar-refractivity contribution is 0.0925. The lowest BCUT2D eigenvalue weighted by Gasteiger charge is -2.06. The summed E-state index contributed by atoms with van der Waals surface area (Å²) in [7, 11) is 0. The number of aliphatic hydroxyl groups excluding tert-OH is 2.